The number of rotatable bonds is 6. The molecule has 0 spiro atoms. The van der Waals surface area contributed by atoms with Crippen LogP contribution in [0.1, 0.15) is 38.8 Å². The molecule has 2 atom stereocenters. The number of hydrogen-bond acceptors (Lipinski definition) is 2. The molecule has 1 aromatic carbocycles. The molecular weight excluding hydrogens is 260 g/mol. The summed E-state index contributed by atoms with van der Waals surface area (Å²) in [6, 6.07) is 8.01. The van der Waals surface area contributed by atoms with Crippen LogP contribution < -0.4 is 5.32 Å². The number of nitrogens with zero attached hydrogens (tertiary/aromatic N) is 1. The van der Waals surface area contributed by atoms with Crippen LogP contribution in [0.4, 0.5) is 0 Å². The maximum absolute atomic E-state index is 12.1. The molecule has 0 bridgehead atoms. The van der Waals surface area contributed by atoms with Gasteiger partial charge in [0.05, 0.1) is 12.6 Å². The lowest BCUT2D eigenvalue weighted by Crippen LogP contribution is -2.39. The van der Waals surface area contributed by atoms with Crippen molar-refractivity contribution in [2.75, 3.05) is 13.6 Å². The molecular formula is C15H23ClN2O. The first-order valence-corrected chi connectivity index (χ1v) is 7.08. The highest BCUT2D eigenvalue weighted by Gasteiger charge is 2.17. The number of nitrogens with one attached hydrogen (secondary N) is 1. The molecule has 106 valence electrons. The quantitative estimate of drug-likeness (QED) is 0.869. The zero-order chi connectivity index (χ0) is 14.4. The number of carbonyl (C=O) groups excluding carboxylic acids is 1. The number of amides is 1. The summed E-state index contributed by atoms with van der Waals surface area (Å²) in [5, 5.41) is 3.91. The molecule has 2 unspecified atom stereocenters. The first-order chi connectivity index (χ1) is 8.95. The van der Waals surface area contributed by atoms with Crippen LogP contribution in [0.2, 0.25) is 5.02 Å². The molecule has 0 heterocycles. The number of hydrogen-bond donors (Lipinski definition) is 1. The van der Waals surface area contributed by atoms with E-state index in [0.717, 1.165) is 12.0 Å². The van der Waals surface area contributed by atoms with Crippen LogP contribution in [0.15, 0.2) is 24.3 Å². The van der Waals surface area contributed by atoms with Gasteiger partial charge in [-0.25, -0.2) is 0 Å². The highest BCUT2D eigenvalue weighted by atomic mass is 35.5. The van der Waals surface area contributed by atoms with Gasteiger partial charge in [0, 0.05) is 18.1 Å². The van der Waals surface area contributed by atoms with Gasteiger partial charge in [-0.3, -0.25) is 4.79 Å². The Bertz CT molecular complexity index is 422. The van der Waals surface area contributed by atoms with Gasteiger partial charge in [-0.15, -0.1) is 0 Å². The van der Waals surface area contributed by atoms with Gasteiger partial charge in [0.1, 0.15) is 0 Å². The third-order valence-electron chi connectivity index (χ3n) is 3.52. The largest absolute Gasteiger partial charge is 0.338 e. The normalized spacial score (nSPS) is 13.9. The zero-order valence-electron chi connectivity index (χ0n) is 12.1. The third kappa shape index (κ3) is 4.84. The summed E-state index contributed by atoms with van der Waals surface area (Å²) < 4.78 is 0. The molecule has 1 rings (SSSR count). The molecule has 0 fully saturated rings. The van der Waals surface area contributed by atoms with Crippen molar-refractivity contribution >= 4 is 17.5 Å². The average Bonchev–Trinajstić information content (AvgIpc) is 2.42. The number of halogens is 1. The van der Waals surface area contributed by atoms with Gasteiger partial charge in [0.2, 0.25) is 5.91 Å². The fourth-order valence-electron chi connectivity index (χ4n) is 1.74. The van der Waals surface area contributed by atoms with Crippen LogP contribution in [-0.2, 0) is 4.79 Å². The lowest BCUT2D eigenvalue weighted by molar-refractivity contribution is -0.131. The molecule has 0 radical (unpaired) electrons. The predicted molar refractivity (Wildman–Crippen MR) is 80.4 cm³/mol. The Morgan fingerprint density at radius 3 is 2.68 bits per heavy atom. The summed E-state index contributed by atoms with van der Waals surface area (Å²) in [6.45, 7) is 6.55. The van der Waals surface area contributed by atoms with Crippen molar-refractivity contribution in [1.82, 2.24) is 10.2 Å². The van der Waals surface area contributed by atoms with Gasteiger partial charge in [-0.05, 0) is 38.0 Å². The first-order valence-electron chi connectivity index (χ1n) is 6.70. The lowest BCUT2D eigenvalue weighted by Gasteiger charge is -2.26. The van der Waals surface area contributed by atoms with E-state index >= 15 is 0 Å². The van der Waals surface area contributed by atoms with E-state index in [9.17, 15) is 4.79 Å². The van der Waals surface area contributed by atoms with Gasteiger partial charge in [-0.2, -0.15) is 0 Å². The lowest BCUT2D eigenvalue weighted by atomic mass is 10.1. The Hall–Kier alpha value is -1.06. The highest BCUT2D eigenvalue weighted by molar-refractivity contribution is 6.30. The minimum atomic E-state index is 0.0185. The fraction of sp³-hybridized carbons (Fsp3) is 0.533. The fourth-order valence-corrected chi connectivity index (χ4v) is 1.94. The molecule has 19 heavy (non-hydrogen) atoms. The Balaban J connectivity index is 2.61. The molecule has 0 aliphatic carbocycles. The van der Waals surface area contributed by atoms with Gasteiger partial charge in [0.15, 0.2) is 0 Å². The second-order valence-corrected chi connectivity index (χ2v) is 5.36. The summed E-state index contributed by atoms with van der Waals surface area (Å²) in [4.78, 5) is 13.8. The molecule has 0 aromatic heterocycles. The molecule has 0 saturated heterocycles. The molecule has 1 amide bonds. The minimum absolute atomic E-state index is 0.0185. The van der Waals surface area contributed by atoms with E-state index in [0.29, 0.717) is 17.6 Å². The smallest absolute Gasteiger partial charge is 0.236 e. The molecule has 0 saturated carbocycles. The summed E-state index contributed by atoms with van der Waals surface area (Å²) in [5.41, 5.74) is 1.05. The van der Waals surface area contributed by atoms with Crippen molar-refractivity contribution in [1.29, 1.82) is 0 Å². The van der Waals surface area contributed by atoms with E-state index in [4.69, 9.17) is 11.6 Å². The Labute approximate surface area is 120 Å². The summed E-state index contributed by atoms with van der Waals surface area (Å²) in [5.74, 6) is 0.0905. The van der Waals surface area contributed by atoms with Crippen molar-refractivity contribution < 1.29 is 4.79 Å². The second kappa shape index (κ2) is 7.51. The first kappa shape index (κ1) is 16.0. The highest BCUT2D eigenvalue weighted by Crippen LogP contribution is 2.21. The van der Waals surface area contributed by atoms with E-state index in [-0.39, 0.29) is 11.9 Å². The molecule has 3 nitrogen and oxygen atoms in total. The summed E-state index contributed by atoms with van der Waals surface area (Å²) >= 11 is 5.98. The van der Waals surface area contributed by atoms with E-state index < -0.39 is 0 Å². The SMILES string of the molecule is CCC(C)NCC(=O)N(C)C(C)c1cccc(Cl)c1. The van der Waals surface area contributed by atoms with Crippen LogP contribution in [-0.4, -0.2) is 30.4 Å². The van der Waals surface area contributed by atoms with Crippen molar-refractivity contribution in [3.8, 4) is 0 Å². The molecule has 0 aliphatic heterocycles. The van der Waals surface area contributed by atoms with Gasteiger partial charge in [0.25, 0.3) is 0 Å². The number of likely N-dealkylation sites (N-methyl/N-ethyl adjacent to an activating group) is 1. The number of carbonyl (C=O) groups is 1. The third-order valence-corrected chi connectivity index (χ3v) is 3.75. The maximum Gasteiger partial charge on any atom is 0.236 e. The van der Waals surface area contributed by atoms with Crippen molar-refractivity contribution in [2.45, 2.75) is 39.3 Å². The standard InChI is InChI=1S/C15H23ClN2O/c1-5-11(2)17-10-15(19)18(4)12(3)13-7-6-8-14(16)9-13/h6-9,11-12,17H,5,10H2,1-4H3. The predicted octanol–water partition coefficient (Wildman–Crippen LogP) is 3.25. The topological polar surface area (TPSA) is 32.3 Å². The van der Waals surface area contributed by atoms with Gasteiger partial charge < -0.3 is 10.2 Å². The molecule has 0 aliphatic rings. The van der Waals surface area contributed by atoms with Crippen LogP contribution in [0.3, 0.4) is 0 Å². The number of benzene rings is 1. The zero-order valence-corrected chi connectivity index (χ0v) is 12.9. The van der Waals surface area contributed by atoms with Crippen LogP contribution >= 0.6 is 11.6 Å². The summed E-state index contributed by atoms with van der Waals surface area (Å²) in [6.07, 6.45) is 1.01. The van der Waals surface area contributed by atoms with Crippen LogP contribution in [0.5, 0.6) is 0 Å². The van der Waals surface area contributed by atoms with E-state index in [1.165, 1.54) is 0 Å². The van der Waals surface area contributed by atoms with Crippen molar-refractivity contribution in [2.24, 2.45) is 0 Å². The molecule has 4 heteroatoms. The van der Waals surface area contributed by atoms with E-state index in [1.807, 2.05) is 38.2 Å². The van der Waals surface area contributed by atoms with Crippen LogP contribution in [0, 0.1) is 0 Å². The second-order valence-electron chi connectivity index (χ2n) is 4.93. The Morgan fingerprint density at radius 1 is 1.42 bits per heavy atom. The monoisotopic (exact) mass is 282 g/mol. The van der Waals surface area contributed by atoms with Crippen molar-refractivity contribution in [3.63, 3.8) is 0 Å². The van der Waals surface area contributed by atoms with Crippen molar-refractivity contribution in [3.05, 3.63) is 34.9 Å². The van der Waals surface area contributed by atoms with Gasteiger partial charge in [-0.1, -0.05) is 30.7 Å². The molecule has 1 N–H and O–H groups in total. The van der Waals surface area contributed by atoms with Crippen LogP contribution in [0.25, 0.3) is 0 Å². The minimum Gasteiger partial charge on any atom is -0.338 e. The summed E-state index contributed by atoms with van der Waals surface area (Å²) in [7, 11) is 1.83. The maximum atomic E-state index is 12.1. The Kier molecular flexibility index (Phi) is 6.32. The van der Waals surface area contributed by atoms with Gasteiger partial charge >= 0.3 is 0 Å². The molecule has 1 aromatic rings. The Morgan fingerprint density at radius 2 is 2.11 bits per heavy atom. The van der Waals surface area contributed by atoms with E-state index in [1.54, 1.807) is 4.90 Å². The average molecular weight is 283 g/mol. The van der Waals surface area contributed by atoms with E-state index in [2.05, 4.69) is 19.2 Å².